The fourth-order valence-electron chi connectivity index (χ4n) is 2.50. The quantitative estimate of drug-likeness (QED) is 0.763. The summed E-state index contributed by atoms with van der Waals surface area (Å²) in [5.41, 5.74) is 2.23. The van der Waals surface area contributed by atoms with Crippen molar-refractivity contribution in [3.63, 3.8) is 0 Å². The first kappa shape index (κ1) is 13.8. The highest BCUT2D eigenvalue weighted by Crippen LogP contribution is 2.35. The summed E-state index contributed by atoms with van der Waals surface area (Å²) in [6.45, 7) is 2.82. The molecule has 0 spiro atoms. The van der Waals surface area contributed by atoms with Gasteiger partial charge in [0.2, 0.25) is 0 Å². The predicted octanol–water partition coefficient (Wildman–Crippen LogP) is 4.18. The van der Waals surface area contributed by atoms with Crippen molar-refractivity contribution in [2.75, 3.05) is 0 Å². The average Bonchev–Trinajstić information content (AvgIpc) is 2.79. The number of aromatic nitrogens is 2. The zero-order valence-electron chi connectivity index (χ0n) is 11.5. The van der Waals surface area contributed by atoms with E-state index in [2.05, 4.69) is 11.9 Å². The van der Waals surface area contributed by atoms with Gasteiger partial charge in [0.25, 0.3) is 0 Å². The van der Waals surface area contributed by atoms with Gasteiger partial charge < -0.3 is 14.8 Å². The lowest BCUT2D eigenvalue weighted by atomic mass is 10.1. The molecular formula is C16H15ClN2O2. The van der Waals surface area contributed by atoms with Gasteiger partial charge in [-0.3, -0.25) is 0 Å². The van der Waals surface area contributed by atoms with E-state index in [1.165, 1.54) is 12.1 Å². The van der Waals surface area contributed by atoms with Crippen LogP contribution in [0.25, 0.3) is 22.4 Å². The maximum absolute atomic E-state index is 10.1. The maximum atomic E-state index is 10.1. The summed E-state index contributed by atoms with van der Waals surface area (Å²) in [5, 5.41) is 20.2. The Hall–Kier alpha value is -2.20. The normalized spacial score (nSPS) is 11.1. The molecular weight excluding hydrogens is 288 g/mol. The number of hydrogen-bond acceptors (Lipinski definition) is 3. The average molecular weight is 303 g/mol. The molecule has 0 atom stereocenters. The number of imidazole rings is 1. The first-order valence-electron chi connectivity index (χ1n) is 6.79. The van der Waals surface area contributed by atoms with Crippen molar-refractivity contribution < 1.29 is 10.2 Å². The van der Waals surface area contributed by atoms with Gasteiger partial charge in [-0.15, -0.1) is 0 Å². The number of nitrogens with zero attached hydrogens (tertiary/aromatic N) is 2. The second-order valence-corrected chi connectivity index (χ2v) is 5.30. The summed E-state index contributed by atoms with van der Waals surface area (Å²) < 4.78 is 2.00. The fraction of sp³-hybridized carbons (Fsp3) is 0.188. The van der Waals surface area contributed by atoms with E-state index in [-0.39, 0.29) is 11.5 Å². The van der Waals surface area contributed by atoms with E-state index in [1.54, 1.807) is 6.07 Å². The number of rotatable bonds is 3. The van der Waals surface area contributed by atoms with Gasteiger partial charge in [0.05, 0.1) is 21.6 Å². The fourth-order valence-corrected chi connectivity index (χ4v) is 2.77. The van der Waals surface area contributed by atoms with Crippen molar-refractivity contribution in [3.05, 3.63) is 41.4 Å². The molecule has 1 aromatic heterocycles. The van der Waals surface area contributed by atoms with Gasteiger partial charge in [-0.05, 0) is 30.7 Å². The minimum Gasteiger partial charge on any atom is -0.508 e. The van der Waals surface area contributed by atoms with Crippen LogP contribution in [0.2, 0.25) is 5.02 Å². The lowest BCUT2D eigenvalue weighted by molar-refractivity contribution is 0.451. The lowest BCUT2D eigenvalue weighted by Gasteiger charge is -2.10. The van der Waals surface area contributed by atoms with Gasteiger partial charge in [0, 0.05) is 12.6 Å². The van der Waals surface area contributed by atoms with E-state index >= 15 is 0 Å². The molecule has 1 heterocycles. The highest BCUT2D eigenvalue weighted by molar-refractivity contribution is 6.35. The van der Waals surface area contributed by atoms with E-state index in [9.17, 15) is 10.2 Å². The molecule has 0 aliphatic rings. The zero-order chi connectivity index (χ0) is 15.0. The van der Waals surface area contributed by atoms with Gasteiger partial charge in [-0.2, -0.15) is 0 Å². The molecule has 0 aliphatic carbocycles. The van der Waals surface area contributed by atoms with Crippen LogP contribution in [0.3, 0.4) is 0 Å². The summed E-state index contributed by atoms with van der Waals surface area (Å²) in [5.74, 6) is 0.670. The number of para-hydroxylation sites is 1. The number of halogens is 1. The van der Waals surface area contributed by atoms with Gasteiger partial charge in [0.15, 0.2) is 0 Å². The summed E-state index contributed by atoms with van der Waals surface area (Å²) in [6.07, 6.45) is 0.919. The number of aromatic hydroxyl groups is 2. The largest absolute Gasteiger partial charge is 0.508 e. The van der Waals surface area contributed by atoms with E-state index in [1.807, 2.05) is 22.8 Å². The van der Waals surface area contributed by atoms with Crippen LogP contribution >= 0.6 is 11.6 Å². The minimum absolute atomic E-state index is 0.00113. The SMILES string of the molecule is CCCn1c(-c2ccc(O)cc2O)nc2cccc(Cl)c21. The van der Waals surface area contributed by atoms with E-state index in [4.69, 9.17) is 11.6 Å². The van der Waals surface area contributed by atoms with Crippen LogP contribution in [0.15, 0.2) is 36.4 Å². The van der Waals surface area contributed by atoms with Crippen molar-refractivity contribution in [2.24, 2.45) is 0 Å². The van der Waals surface area contributed by atoms with Crippen LogP contribution in [-0.2, 0) is 6.54 Å². The molecule has 2 aromatic carbocycles. The number of benzene rings is 2. The van der Waals surface area contributed by atoms with Crippen LogP contribution in [0, 0.1) is 0 Å². The Bertz CT molecular complexity index is 811. The second-order valence-electron chi connectivity index (χ2n) is 4.90. The molecule has 0 radical (unpaired) electrons. The first-order valence-corrected chi connectivity index (χ1v) is 7.16. The minimum atomic E-state index is -0.00113. The molecule has 0 unspecified atom stereocenters. The summed E-state index contributed by atoms with van der Waals surface area (Å²) in [7, 11) is 0. The third kappa shape index (κ3) is 2.32. The number of phenols is 2. The van der Waals surface area contributed by atoms with E-state index < -0.39 is 0 Å². The zero-order valence-corrected chi connectivity index (χ0v) is 12.3. The van der Waals surface area contributed by atoms with Crippen LogP contribution < -0.4 is 0 Å². The number of phenolic OH excluding ortho intramolecular Hbond substituents is 2. The van der Waals surface area contributed by atoms with E-state index in [0.717, 1.165) is 24.0 Å². The Morgan fingerprint density at radius 3 is 2.71 bits per heavy atom. The Morgan fingerprint density at radius 1 is 1.19 bits per heavy atom. The molecule has 0 saturated heterocycles. The first-order chi connectivity index (χ1) is 10.1. The lowest BCUT2D eigenvalue weighted by Crippen LogP contribution is -2.00. The summed E-state index contributed by atoms with van der Waals surface area (Å²) in [4.78, 5) is 4.59. The van der Waals surface area contributed by atoms with Gasteiger partial charge >= 0.3 is 0 Å². The Morgan fingerprint density at radius 2 is 2.00 bits per heavy atom. The molecule has 0 amide bonds. The maximum Gasteiger partial charge on any atom is 0.144 e. The molecule has 2 N–H and O–H groups in total. The standard InChI is InChI=1S/C16H15ClN2O2/c1-2-8-19-15-12(17)4-3-5-13(15)18-16(19)11-7-6-10(20)9-14(11)21/h3-7,9,20-21H,2,8H2,1H3. The smallest absolute Gasteiger partial charge is 0.144 e. The second kappa shape index (κ2) is 5.30. The molecule has 5 heteroatoms. The number of fused-ring (bicyclic) bond motifs is 1. The molecule has 4 nitrogen and oxygen atoms in total. The molecule has 0 aliphatic heterocycles. The Balaban J connectivity index is 2.31. The van der Waals surface area contributed by atoms with Gasteiger partial charge in [0.1, 0.15) is 17.3 Å². The Labute approximate surface area is 127 Å². The molecule has 21 heavy (non-hydrogen) atoms. The monoisotopic (exact) mass is 302 g/mol. The molecule has 0 fully saturated rings. The summed E-state index contributed by atoms with van der Waals surface area (Å²) >= 11 is 6.30. The third-order valence-electron chi connectivity index (χ3n) is 3.39. The third-order valence-corrected chi connectivity index (χ3v) is 3.69. The predicted molar refractivity (Wildman–Crippen MR) is 83.8 cm³/mol. The van der Waals surface area contributed by atoms with Gasteiger partial charge in [-0.25, -0.2) is 4.98 Å². The van der Waals surface area contributed by atoms with Crippen LogP contribution in [-0.4, -0.2) is 19.8 Å². The van der Waals surface area contributed by atoms with Crippen molar-refractivity contribution >= 4 is 22.6 Å². The number of aryl methyl sites for hydroxylation is 1. The molecule has 0 bridgehead atoms. The number of hydrogen-bond donors (Lipinski definition) is 2. The van der Waals surface area contributed by atoms with Crippen LogP contribution in [0.4, 0.5) is 0 Å². The van der Waals surface area contributed by atoms with Crippen molar-refractivity contribution in [3.8, 4) is 22.9 Å². The van der Waals surface area contributed by atoms with Crippen molar-refractivity contribution in [1.82, 2.24) is 9.55 Å². The summed E-state index contributed by atoms with van der Waals surface area (Å²) in [6, 6.07) is 10.1. The molecule has 3 rings (SSSR count). The topological polar surface area (TPSA) is 58.3 Å². The molecule has 108 valence electrons. The highest BCUT2D eigenvalue weighted by atomic mass is 35.5. The molecule has 3 aromatic rings. The van der Waals surface area contributed by atoms with Crippen molar-refractivity contribution in [2.45, 2.75) is 19.9 Å². The van der Waals surface area contributed by atoms with E-state index in [0.29, 0.717) is 16.4 Å². The Kier molecular flexibility index (Phi) is 3.47. The molecule has 0 saturated carbocycles. The van der Waals surface area contributed by atoms with Gasteiger partial charge in [-0.1, -0.05) is 24.6 Å². The van der Waals surface area contributed by atoms with Crippen molar-refractivity contribution in [1.29, 1.82) is 0 Å². The van der Waals surface area contributed by atoms with Crippen LogP contribution in [0.5, 0.6) is 11.5 Å². The van der Waals surface area contributed by atoms with Crippen LogP contribution in [0.1, 0.15) is 13.3 Å². The highest BCUT2D eigenvalue weighted by Gasteiger charge is 2.17.